The molecule has 5 aromatic rings. The van der Waals surface area contributed by atoms with Gasteiger partial charge in [0.15, 0.2) is 58.2 Å². The highest BCUT2D eigenvalue weighted by Crippen LogP contribution is 2.50. The summed E-state index contributed by atoms with van der Waals surface area (Å²) in [6.45, 7) is 0. The second-order valence-corrected chi connectivity index (χ2v) is 8.55. The molecule has 0 aromatic heterocycles. The van der Waals surface area contributed by atoms with Crippen LogP contribution < -0.4 is 0 Å². The minimum Gasteiger partial charge on any atom is -0.206 e. The van der Waals surface area contributed by atoms with Gasteiger partial charge in [-0.1, -0.05) is 18.2 Å². The van der Waals surface area contributed by atoms with Crippen LogP contribution >= 0.6 is 0 Å². The summed E-state index contributed by atoms with van der Waals surface area (Å²) in [7, 11) is 0. The minimum absolute atomic E-state index is 0.339. The Bertz CT molecular complexity index is 1910. The van der Waals surface area contributed by atoms with Crippen molar-refractivity contribution in [3.05, 3.63) is 106 Å². The van der Waals surface area contributed by atoms with Crippen LogP contribution in [0, 0.1) is 64.0 Å². The predicted molar refractivity (Wildman–Crippen MR) is 117 cm³/mol. The normalized spacial score (nSPS) is 12.1. The second-order valence-electron chi connectivity index (χ2n) is 8.55. The Morgan fingerprint density at radius 1 is 0.415 bits per heavy atom. The Kier molecular flexibility index (Phi) is 6.42. The summed E-state index contributed by atoms with van der Waals surface area (Å²) in [5.74, 6) is -26.7. The molecule has 5 rings (SSSR count). The van der Waals surface area contributed by atoms with Gasteiger partial charge < -0.3 is 0 Å². The van der Waals surface area contributed by atoms with E-state index in [0.29, 0.717) is 24.3 Å². The molecule has 0 heterocycles. The molecule has 0 aliphatic rings. The lowest BCUT2D eigenvalue weighted by Crippen LogP contribution is -2.16. The molecule has 0 saturated heterocycles. The molecule has 0 nitrogen and oxygen atoms in total. The van der Waals surface area contributed by atoms with E-state index in [4.69, 9.17) is 0 Å². The van der Waals surface area contributed by atoms with Crippen molar-refractivity contribution >= 4 is 21.5 Å². The molecule has 212 valence electrons. The average Bonchev–Trinajstić information content (AvgIpc) is 2.90. The van der Waals surface area contributed by atoms with Crippen molar-refractivity contribution in [1.82, 2.24) is 0 Å². The smallest absolute Gasteiger partial charge is 0.206 e. The fourth-order valence-electron chi connectivity index (χ4n) is 4.65. The molecular formula is C27H6F14. The number of alkyl halides is 3. The number of benzene rings is 5. The summed E-state index contributed by atoms with van der Waals surface area (Å²) in [4.78, 5) is 0. The summed E-state index contributed by atoms with van der Waals surface area (Å²) in [6.07, 6.45) is -6.02. The first kappa shape index (κ1) is 28.2. The zero-order chi connectivity index (χ0) is 30.3. The second kappa shape index (κ2) is 9.35. The van der Waals surface area contributed by atoms with Crippen molar-refractivity contribution in [2.45, 2.75) is 6.18 Å². The number of fused-ring (bicyclic) bond motifs is 2. The summed E-state index contributed by atoms with van der Waals surface area (Å²) in [5.41, 5.74) is -8.58. The predicted octanol–water partition coefficient (Wildman–Crippen LogP) is 9.88. The standard InChI is InChI=1S/C27H6F14/c28-9-5-4-7(6-11(9)30)12-8-2-1-3-10(29)13(8)14(16-15(12)19(31)25(37)26(38)20(16)32)17-21(33)23(35)18(27(39,40)41)24(36)22(17)34/h1-6H. The largest absolute Gasteiger partial charge is 0.422 e. The number of halogens is 14. The van der Waals surface area contributed by atoms with Gasteiger partial charge in [0, 0.05) is 27.3 Å². The van der Waals surface area contributed by atoms with Crippen LogP contribution in [0.2, 0.25) is 0 Å². The van der Waals surface area contributed by atoms with Crippen molar-refractivity contribution < 1.29 is 61.5 Å². The maximum atomic E-state index is 15.4. The van der Waals surface area contributed by atoms with E-state index in [0.717, 1.165) is 12.1 Å². The molecule has 5 aromatic carbocycles. The van der Waals surface area contributed by atoms with E-state index in [2.05, 4.69) is 0 Å². The van der Waals surface area contributed by atoms with E-state index in [1.54, 1.807) is 0 Å². The van der Waals surface area contributed by atoms with Gasteiger partial charge in [0.05, 0.1) is 5.56 Å². The molecule has 0 spiro atoms. The molecule has 0 fully saturated rings. The van der Waals surface area contributed by atoms with E-state index in [-0.39, 0.29) is 0 Å². The highest BCUT2D eigenvalue weighted by atomic mass is 19.4. The van der Waals surface area contributed by atoms with Gasteiger partial charge in [-0.25, -0.2) is 48.3 Å². The van der Waals surface area contributed by atoms with Crippen LogP contribution in [0.3, 0.4) is 0 Å². The summed E-state index contributed by atoms with van der Waals surface area (Å²) in [5, 5.41) is -5.36. The Labute approximate surface area is 218 Å². The van der Waals surface area contributed by atoms with Crippen molar-refractivity contribution in [2.24, 2.45) is 0 Å². The molecule has 0 bridgehead atoms. The van der Waals surface area contributed by atoms with Crippen LogP contribution in [0.4, 0.5) is 61.5 Å². The van der Waals surface area contributed by atoms with Crippen LogP contribution in [0.1, 0.15) is 5.56 Å². The van der Waals surface area contributed by atoms with Crippen molar-refractivity contribution in [3.63, 3.8) is 0 Å². The molecule has 0 saturated carbocycles. The van der Waals surface area contributed by atoms with E-state index < -0.39 is 120 Å². The first-order valence-corrected chi connectivity index (χ1v) is 10.9. The molecule has 14 heteroatoms. The Morgan fingerprint density at radius 3 is 1.46 bits per heavy atom. The van der Waals surface area contributed by atoms with Crippen molar-refractivity contribution in [3.8, 4) is 22.3 Å². The van der Waals surface area contributed by atoms with Crippen molar-refractivity contribution in [2.75, 3.05) is 0 Å². The third-order valence-corrected chi connectivity index (χ3v) is 6.31. The maximum Gasteiger partial charge on any atom is 0.422 e. The zero-order valence-corrected chi connectivity index (χ0v) is 19.3. The van der Waals surface area contributed by atoms with E-state index in [9.17, 15) is 39.5 Å². The van der Waals surface area contributed by atoms with Crippen molar-refractivity contribution in [1.29, 1.82) is 0 Å². The summed E-state index contributed by atoms with van der Waals surface area (Å²) >= 11 is 0. The van der Waals surface area contributed by atoms with E-state index in [1.807, 2.05) is 0 Å². The molecule has 0 amide bonds. The highest BCUT2D eigenvalue weighted by molar-refractivity contribution is 6.22. The molecule has 0 aliphatic carbocycles. The topological polar surface area (TPSA) is 0 Å². The van der Waals surface area contributed by atoms with Gasteiger partial charge in [0.1, 0.15) is 11.4 Å². The average molecular weight is 596 g/mol. The van der Waals surface area contributed by atoms with Gasteiger partial charge >= 0.3 is 6.18 Å². The van der Waals surface area contributed by atoms with Gasteiger partial charge in [-0.05, 0) is 29.1 Å². The maximum absolute atomic E-state index is 15.4. The molecule has 0 unspecified atom stereocenters. The van der Waals surface area contributed by atoms with Crippen LogP contribution in [0.25, 0.3) is 43.8 Å². The number of rotatable bonds is 2. The van der Waals surface area contributed by atoms with Gasteiger partial charge in [-0.2, -0.15) is 13.2 Å². The molecule has 0 radical (unpaired) electrons. The minimum atomic E-state index is -6.02. The third kappa shape index (κ3) is 3.98. The van der Waals surface area contributed by atoms with Crippen LogP contribution in [-0.4, -0.2) is 0 Å². The number of hydrogen-bond donors (Lipinski definition) is 0. The molecule has 0 atom stereocenters. The Hall–Kier alpha value is -4.36. The summed E-state index contributed by atoms with van der Waals surface area (Å²) in [6, 6.07) is 3.63. The van der Waals surface area contributed by atoms with Crippen LogP contribution in [0.15, 0.2) is 36.4 Å². The van der Waals surface area contributed by atoms with E-state index >= 15 is 22.0 Å². The van der Waals surface area contributed by atoms with Gasteiger partial charge in [0.25, 0.3) is 0 Å². The van der Waals surface area contributed by atoms with Gasteiger partial charge in [0.2, 0.25) is 0 Å². The lowest BCUT2D eigenvalue weighted by atomic mass is 9.84. The number of hydrogen-bond acceptors (Lipinski definition) is 0. The first-order chi connectivity index (χ1) is 19.1. The fourth-order valence-corrected chi connectivity index (χ4v) is 4.65. The quantitative estimate of drug-likeness (QED) is 0.0824. The van der Waals surface area contributed by atoms with Crippen LogP contribution in [0.5, 0.6) is 0 Å². The van der Waals surface area contributed by atoms with Gasteiger partial charge in [-0.15, -0.1) is 0 Å². The van der Waals surface area contributed by atoms with Gasteiger partial charge in [-0.3, -0.25) is 0 Å². The fraction of sp³-hybridized carbons (Fsp3) is 0.0370. The lowest BCUT2D eigenvalue weighted by molar-refractivity contribution is -0.143. The van der Waals surface area contributed by atoms with Crippen LogP contribution in [-0.2, 0) is 6.18 Å². The molecule has 0 N–H and O–H groups in total. The molecule has 0 aliphatic heterocycles. The molecule has 41 heavy (non-hydrogen) atoms. The lowest BCUT2D eigenvalue weighted by Gasteiger charge is -2.21. The molecular weight excluding hydrogens is 590 g/mol. The monoisotopic (exact) mass is 596 g/mol. The Morgan fingerprint density at radius 2 is 0.951 bits per heavy atom. The Balaban J connectivity index is 2.17. The highest BCUT2D eigenvalue weighted by Gasteiger charge is 2.43. The first-order valence-electron chi connectivity index (χ1n) is 10.9. The van der Waals surface area contributed by atoms with E-state index in [1.165, 1.54) is 0 Å². The zero-order valence-electron chi connectivity index (χ0n) is 19.3. The summed E-state index contributed by atoms with van der Waals surface area (Å²) < 4.78 is 202. The SMILES string of the molecule is Fc1ccc(-c2c3cccc(F)c3c(-c3c(F)c(F)c(C(F)(F)F)c(F)c3F)c3c(F)c(F)c(F)c(F)c23)cc1F. The third-order valence-electron chi connectivity index (χ3n) is 6.31.